The van der Waals surface area contributed by atoms with Crippen molar-refractivity contribution in [3.63, 3.8) is 0 Å². The molecule has 0 bridgehead atoms. The zero-order valence-electron chi connectivity index (χ0n) is 16.1. The average Bonchev–Trinajstić information content (AvgIpc) is 2.87. The van der Waals surface area contributed by atoms with Crippen LogP contribution in [-0.4, -0.2) is 51.6 Å². The van der Waals surface area contributed by atoms with Crippen molar-refractivity contribution in [1.29, 1.82) is 0 Å². The maximum absolute atomic E-state index is 13.1. The molecule has 4 rings (SSSR count). The van der Waals surface area contributed by atoms with Gasteiger partial charge in [0.15, 0.2) is 5.65 Å². The molecule has 3 aromatic rings. The molecule has 140 valence electrons. The monoisotopic (exact) mass is 363 g/mol. The van der Waals surface area contributed by atoms with Crippen LogP contribution >= 0.6 is 0 Å². The van der Waals surface area contributed by atoms with Gasteiger partial charge in [0.05, 0.1) is 5.69 Å². The summed E-state index contributed by atoms with van der Waals surface area (Å²) >= 11 is 0. The third-order valence-corrected chi connectivity index (χ3v) is 5.19. The van der Waals surface area contributed by atoms with Crippen LogP contribution in [0.4, 0.5) is 5.69 Å². The van der Waals surface area contributed by atoms with Gasteiger partial charge in [-0.3, -0.25) is 4.79 Å². The molecular formula is C21H25N5O. The maximum Gasteiger partial charge on any atom is 0.272 e. The molecule has 0 aliphatic carbocycles. The van der Waals surface area contributed by atoms with Gasteiger partial charge in [-0.1, -0.05) is 18.2 Å². The van der Waals surface area contributed by atoms with E-state index in [1.807, 2.05) is 30.9 Å². The lowest BCUT2D eigenvalue weighted by molar-refractivity contribution is 0.0761. The maximum atomic E-state index is 13.1. The molecule has 1 amide bonds. The number of aryl methyl sites for hydroxylation is 3. The van der Waals surface area contributed by atoms with Gasteiger partial charge in [0.1, 0.15) is 5.69 Å². The highest BCUT2D eigenvalue weighted by molar-refractivity contribution is 5.93. The van der Waals surface area contributed by atoms with E-state index in [-0.39, 0.29) is 5.91 Å². The second-order valence-electron chi connectivity index (χ2n) is 7.26. The Morgan fingerprint density at radius 1 is 1.00 bits per heavy atom. The summed E-state index contributed by atoms with van der Waals surface area (Å²) in [6.45, 7) is 9.29. The minimum absolute atomic E-state index is 0.00564. The van der Waals surface area contributed by atoms with E-state index in [1.165, 1.54) is 11.3 Å². The highest BCUT2D eigenvalue weighted by atomic mass is 16.2. The molecule has 3 heterocycles. The van der Waals surface area contributed by atoms with E-state index in [9.17, 15) is 4.79 Å². The Hall–Kier alpha value is -2.89. The van der Waals surface area contributed by atoms with Crippen molar-refractivity contribution in [3.8, 4) is 0 Å². The molecule has 1 aliphatic heterocycles. The summed E-state index contributed by atoms with van der Waals surface area (Å²) in [5.74, 6) is 0.00564. The fourth-order valence-electron chi connectivity index (χ4n) is 3.79. The number of para-hydroxylation sites is 1. The molecule has 2 aromatic heterocycles. The Bertz CT molecular complexity index is 993. The summed E-state index contributed by atoms with van der Waals surface area (Å²) in [7, 11) is 0. The lowest BCUT2D eigenvalue weighted by atomic mass is 10.2. The van der Waals surface area contributed by atoms with Gasteiger partial charge in [-0.05, 0) is 44.9 Å². The molecule has 0 N–H and O–H groups in total. The summed E-state index contributed by atoms with van der Waals surface area (Å²) in [5, 5.41) is 4.41. The first-order valence-electron chi connectivity index (χ1n) is 9.47. The molecule has 0 unspecified atom stereocenters. The van der Waals surface area contributed by atoms with Crippen LogP contribution in [0, 0.1) is 20.8 Å². The zero-order chi connectivity index (χ0) is 19.0. The van der Waals surface area contributed by atoms with Gasteiger partial charge in [-0.2, -0.15) is 5.10 Å². The molecule has 1 aliphatic rings. The molecule has 0 radical (unpaired) electrons. The molecule has 1 fully saturated rings. The minimum Gasteiger partial charge on any atom is -0.369 e. The molecule has 0 atom stereocenters. The van der Waals surface area contributed by atoms with Crippen LogP contribution in [0.25, 0.3) is 5.65 Å². The summed E-state index contributed by atoms with van der Waals surface area (Å²) < 4.78 is 1.79. The summed E-state index contributed by atoms with van der Waals surface area (Å²) in [6.07, 6.45) is 0.951. The van der Waals surface area contributed by atoms with Gasteiger partial charge in [-0.15, -0.1) is 0 Å². The molecule has 0 spiro atoms. The third-order valence-electron chi connectivity index (χ3n) is 5.19. The van der Waals surface area contributed by atoms with Crippen LogP contribution in [0.3, 0.4) is 0 Å². The number of amides is 1. The van der Waals surface area contributed by atoms with Crippen LogP contribution < -0.4 is 4.90 Å². The Morgan fingerprint density at radius 2 is 1.81 bits per heavy atom. The number of benzene rings is 1. The summed E-state index contributed by atoms with van der Waals surface area (Å²) in [6, 6.07) is 12.2. The predicted octanol–water partition coefficient (Wildman–Crippen LogP) is 3.01. The van der Waals surface area contributed by atoms with Gasteiger partial charge in [0, 0.05) is 43.6 Å². The van der Waals surface area contributed by atoms with Crippen molar-refractivity contribution in [1.82, 2.24) is 19.5 Å². The van der Waals surface area contributed by atoms with Crippen molar-refractivity contribution in [2.45, 2.75) is 27.2 Å². The number of anilines is 1. The van der Waals surface area contributed by atoms with Gasteiger partial charge in [-0.25, -0.2) is 9.50 Å². The van der Waals surface area contributed by atoms with Crippen LogP contribution in [0.5, 0.6) is 0 Å². The number of hydrogen-bond donors (Lipinski definition) is 0. The molecule has 1 saturated heterocycles. The van der Waals surface area contributed by atoms with Crippen molar-refractivity contribution in [3.05, 3.63) is 59.0 Å². The van der Waals surface area contributed by atoms with Crippen molar-refractivity contribution >= 4 is 17.2 Å². The van der Waals surface area contributed by atoms with Crippen LogP contribution in [0.2, 0.25) is 0 Å². The number of rotatable bonds is 2. The molecular weight excluding hydrogens is 338 g/mol. The van der Waals surface area contributed by atoms with E-state index in [0.29, 0.717) is 12.2 Å². The number of nitrogens with zero attached hydrogens (tertiary/aromatic N) is 5. The molecule has 27 heavy (non-hydrogen) atoms. The first-order chi connectivity index (χ1) is 13.0. The Labute approximate surface area is 159 Å². The smallest absolute Gasteiger partial charge is 0.272 e. The van der Waals surface area contributed by atoms with Gasteiger partial charge in [0.2, 0.25) is 0 Å². The van der Waals surface area contributed by atoms with E-state index in [2.05, 4.69) is 46.2 Å². The average molecular weight is 363 g/mol. The zero-order valence-corrected chi connectivity index (χ0v) is 16.1. The summed E-state index contributed by atoms with van der Waals surface area (Å²) in [5.41, 5.74) is 5.59. The third kappa shape index (κ3) is 3.39. The Kier molecular flexibility index (Phi) is 4.56. The van der Waals surface area contributed by atoms with E-state index in [4.69, 9.17) is 0 Å². The second kappa shape index (κ2) is 7.02. The standard InChI is InChI=1S/C21H25N5O/c1-15-7-4-5-8-19(15)24-9-6-10-25(12-11-24)21(27)18-14-17(3)26-20(22-18)13-16(2)23-26/h4-5,7-8,13-14H,6,9-12H2,1-3H3. The quantitative estimate of drug-likeness (QED) is 0.702. The fourth-order valence-corrected chi connectivity index (χ4v) is 3.79. The Balaban J connectivity index is 1.54. The molecule has 0 saturated carbocycles. The number of hydrogen-bond acceptors (Lipinski definition) is 4. The van der Waals surface area contributed by atoms with E-state index < -0.39 is 0 Å². The first kappa shape index (κ1) is 17.5. The number of carbonyl (C=O) groups excluding carboxylic acids is 1. The van der Waals surface area contributed by atoms with E-state index >= 15 is 0 Å². The lowest BCUT2D eigenvalue weighted by Crippen LogP contribution is -2.36. The van der Waals surface area contributed by atoms with E-state index in [0.717, 1.165) is 43.1 Å². The number of carbonyl (C=O) groups is 1. The first-order valence-corrected chi connectivity index (χ1v) is 9.47. The molecule has 1 aromatic carbocycles. The van der Waals surface area contributed by atoms with Gasteiger partial charge in [0.25, 0.3) is 5.91 Å². The normalized spacial score (nSPS) is 15.2. The van der Waals surface area contributed by atoms with E-state index in [1.54, 1.807) is 4.52 Å². The highest BCUT2D eigenvalue weighted by Crippen LogP contribution is 2.21. The Morgan fingerprint density at radius 3 is 2.63 bits per heavy atom. The second-order valence-corrected chi connectivity index (χ2v) is 7.26. The van der Waals surface area contributed by atoms with Crippen LogP contribution in [0.1, 0.15) is 33.9 Å². The molecule has 6 heteroatoms. The summed E-state index contributed by atoms with van der Waals surface area (Å²) in [4.78, 5) is 21.9. The number of aromatic nitrogens is 3. The highest BCUT2D eigenvalue weighted by Gasteiger charge is 2.23. The van der Waals surface area contributed by atoms with Crippen molar-refractivity contribution in [2.24, 2.45) is 0 Å². The van der Waals surface area contributed by atoms with Gasteiger partial charge >= 0.3 is 0 Å². The minimum atomic E-state index is 0.00564. The largest absolute Gasteiger partial charge is 0.369 e. The fraction of sp³-hybridized carbons (Fsp3) is 0.381. The van der Waals surface area contributed by atoms with Crippen molar-refractivity contribution in [2.75, 3.05) is 31.1 Å². The SMILES string of the molecule is Cc1cc2nc(C(=O)N3CCCN(c4ccccc4C)CC3)cc(C)n2n1. The van der Waals surface area contributed by atoms with Crippen molar-refractivity contribution < 1.29 is 4.79 Å². The van der Waals surface area contributed by atoms with Crippen LogP contribution in [0.15, 0.2) is 36.4 Å². The molecule has 6 nitrogen and oxygen atoms in total. The van der Waals surface area contributed by atoms with Crippen LogP contribution in [-0.2, 0) is 0 Å². The topological polar surface area (TPSA) is 53.7 Å². The predicted molar refractivity (Wildman–Crippen MR) is 106 cm³/mol. The lowest BCUT2D eigenvalue weighted by Gasteiger charge is -2.25. The van der Waals surface area contributed by atoms with Gasteiger partial charge < -0.3 is 9.80 Å². The number of fused-ring (bicyclic) bond motifs is 1.